The molecule has 1 unspecified atom stereocenters. The summed E-state index contributed by atoms with van der Waals surface area (Å²) in [4.78, 5) is 18.3. The summed E-state index contributed by atoms with van der Waals surface area (Å²) < 4.78 is 13.5. The Balaban J connectivity index is 1.41. The van der Waals surface area contributed by atoms with Crippen LogP contribution in [0.2, 0.25) is 5.02 Å². The molecule has 212 valence electrons. The van der Waals surface area contributed by atoms with Gasteiger partial charge in [0.2, 0.25) is 11.1 Å². The van der Waals surface area contributed by atoms with Crippen molar-refractivity contribution in [1.29, 1.82) is 0 Å². The zero-order chi connectivity index (χ0) is 28.6. The average molecular weight is 589 g/mol. The Morgan fingerprint density at radius 3 is 2.54 bits per heavy atom. The number of carbonyl (C=O) groups is 1. The lowest BCUT2D eigenvalue weighted by Crippen LogP contribution is -2.29. The van der Waals surface area contributed by atoms with Gasteiger partial charge in [0.05, 0.1) is 12.2 Å². The molecule has 0 aliphatic carbocycles. The molecule has 41 heavy (non-hydrogen) atoms. The Morgan fingerprint density at radius 2 is 1.78 bits per heavy atom. The lowest BCUT2D eigenvalue weighted by molar-refractivity contribution is -0.140. The lowest BCUT2D eigenvalue weighted by atomic mass is 9.95. The average Bonchev–Trinajstić information content (AvgIpc) is 3.40. The molecule has 2 heterocycles. The fourth-order valence-electron chi connectivity index (χ4n) is 4.61. The molecule has 1 aromatic heterocycles. The van der Waals surface area contributed by atoms with E-state index in [1.54, 1.807) is 4.68 Å². The molecule has 0 radical (unpaired) electrons. The van der Waals surface area contributed by atoms with Crippen molar-refractivity contribution in [2.45, 2.75) is 56.7 Å². The van der Waals surface area contributed by atoms with Gasteiger partial charge in [-0.3, -0.25) is 0 Å². The summed E-state index contributed by atoms with van der Waals surface area (Å²) in [5.74, 6) is 1.57. The fraction of sp³-hybridized carbons (Fsp3) is 0.281. The highest BCUT2D eigenvalue weighted by molar-refractivity contribution is 7.98. The van der Waals surface area contributed by atoms with E-state index in [2.05, 4.69) is 12.2 Å². The van der Waals surface area contributed by atoms with E-state index >= 15 is 0 Å². The predicted octanol–water partition coefficient (Wildman–Crippen LogP) is 7.83. The molecule has 4 aromatic rings. The Kier molecular flexibility index (Phi) is 9.64. The topological polar surface area (TPSA) is 78.3 Å². The number of benzene rings is 3. The third-order valence-corrected chi connectivity index (χ3v) is 8.05. The van der Waals surface area contributed by atoms with Gasteiger partial charge in [-0.05, 0) is 48.2 Å². The predicted molar refractivity (Wildman–Crippen MR) is 163 cm³/mol. The Hall–Kier alpha value is -3.75. The van der Waals surface area contributed by atoms with Crippen LogP contribution in [0.3, 0.4) is 0 Å². The van der Waals surface area contributed by atoms with Crippen molar-refractivity contribution >= 4 is 35.3 Å². The maximum Gasteiger partial charge on any atom is 0.338 e. The van der Waals surface area contributed by atoms with Crippen LogP contribution in [0, 0.1) is 0 Å². The molecule has 0 spiro atoms. The number of allylic oxidation sites excluding steroid dienone is 1. The van der Waals surface area contributed by atoms with Gasteiger partial charge in [-0.1, -0.05) is 104 Å². The van der Waals surface area contributed by atoms with E-state index in [4.69, 9.17) is 31.2 Å². The molecule has 0 amide bonds. The highest BCUT2D eigenvalue weighted by atomic mass is 35.5. The summed E-state index contributed by atoms with van der Waals surface area (Å²) >= 11 is 7.85. The number of esters is 1. The quantitative estimate of drug-likeness (QED) is 0.103. The van der Waals surface area contributed by atoms with Gasteiger partial charge in [-0.25, -0.2) is 9.48 Å². The zero-order valence-corrected chi connectivity index (χ0v) is 24.8. The normalized spacial score (nSPS) is 14.4. The van der Waals surface area contributed by atoms with E-state index in [1.165, 1.54) is 11.8 Å². The summed E-state index contributed by atoms with van der Waals surface area (Å²) in [5, 5.41) is 9.38. The number of hydrogen-bond donors (Lipinski definition) is 1. The van der Waals surface area contributed by atoms with Crippen molar-refractivity contribution in [2.24, 2.45) is 0 Å². The number of aromatic nitrogens is 3. The van der Waals surface area contributed by atoms with Crippen LogP contribution in [-0.2, 0) is 21.9 Å². The van der Waals surface area contributed by atoms with Gasteiger partial charge in [0.1, 0.15) is 18.4 Å². The van der Waals surface area contributed by atoms with Crippen molar-refractivity contribution in [1.82, 2.24) is 14.8 Å². The van der Waals surface area contributed by atoms with Crippen LogP contribution in [0.4, 0.5) is 5.95 Å². The van der Waals surface area contributed by atoms with Gasteiger partial charge >= 0.3 is 5.97 Å². The first-order chi connectivity index (χ1) is 20.0. The molecule has 5 rings (SSSR count). The highest BCUT2D eigenvalue weighted by Gasteiger charge is 2.35. The number of ether oxygens (including phenoxy) is 2. The molecular formula is C32H33ClN4O3S. The molecule has 0 bridgehead atoms. The first-order valence-electron chi connectivity index (χ1n) is 13.8. The van der Waals surface area contributed by atoms with Crippen LogP contribution in [0.15, 0.2) is 95.3 Å². The van der Waals surface area contributed by atoms with Crippen molar-refractivity contribution in [3.05, 3.63) is 112 Å². The van der Waals surface area contributed by atoms with Crippen LogP contribution in [0.5, 0.6) is 5.75 Å². The number of fused-ring (bicyclic) bond motifs is 1. The first kappa shape index (κ1) is 28.8. The molecule has 9 heteroatoms. The number of rotatable bonds is 12. The van der Waals surface area contributed by atoms with Crippen molar-refractivity contribution in [3.63, 3.8) is 0 Å². The minimum Gasteiger partial charge on any atom is -0.494 e. The Bertz CT molecular complexity index is 1510. The smallest absolute Gasteiger partial charge is 0.338 e. The maximum absolute atomic E-state index is 13.6. The lowest BCUT2D eigenvalue weighted by Gasteiger charge is -2.28. The summed E-state index contributed by atoms with van der Waals surface area (Å²) in [6.07, 6.45) is 3.30. The van der Waals surface area contributed by atoms with E-state index in [0.29, 0.717) is 39.8 Å². The van der Waals surface area contributed by atoms with Crippen LogP contribution in [-0.4, -0.2) is 27.3 Å². The Labute approximate surface area is 249 Å². The number of nitrogens with one attached hydrogen (secondary N) is 1. The monoisotopic (exact) mass is 588 g/mol. The molecule has 7 nitrogen and oxygen atoms in total. The van der Waals surface area contributed by atoms with Gasteiger partial charge in [0.15, 0.2) is 0 Å². The summed E-state index contributed by atoms with van der Waals surface area (Å²) in [5.41, 5.74) is 3.97. The number of halogens is 1. The number of thioether (sulfide) groups is 1. The number of carbonyl (C=O) groups excluding carboxylic acids is 1. The molecule has 1 atom stereocenters. The van der Waals surface area contributed by atoms with Crippen molar-refractivity contribution < 1.29 is 14.3 Å². The minimum atomic E-state index is -0.522. The number of hydrogen-bond acceptors (Lipinski definition) is 7. The van der Waals surface area contributed by atoms with Gasteiger partial charge in [0, 0.05) is 16.5 Å². The minimum absolute atomic E-state index is 0.177. The molecule has 3 aromatic carbocycles. The second-order valence-electron chi connectivity index (χ2n) is 9.80. The van der Waals surface area contributed by atoms with E-state index in [1.807, 2.05) is 85.8 Å². The molecule has 0 saturated carbocycles. The van der Waals surface area contributed by atoms with Gasteiger partial charge in [-0.15, -0.1) is 5.10 Å². The summed E-state index contributed by atoms with van der Waals surface area (Å²) in [7, 11) is 0. The third-order valence-electron chi connectivity index (χ3n) is 6.79. The van der Waals surface area contributed by atoms with Crippen molar-refractivity contribution in [3.8, 4) is 5.75 Å². The van der Waals surface area contributed by atoms with Crippen molar-refractivity contribution in [2.75, 3.05) is 11.9 Å². The van der Waals surface area contributed by atoms with E-state index in [-0.39, 0.29) is 6.61 Å². The molecular weight excluding hydrogens is 556 g/mol. The van der Waals surface area contributed by atoms with Crippen LogP contribution in [0.25, 0.3) is 0 Å². The third kappa shape index (κ3) is 7.13. The maximum atomic E-state index is 13.6. The summed E-state index contributed by atoms with van der Waals surface area (Å²) in [6.45, 7) is 4.89. The summed E-state index contributed by atoms with van der Waals surface area (Å²) in [6, 6.07) is 24.7. The number of anilines is 1. The zero-order valence-electron chi connectivity index (χ0n) is 23.2. The molecule has 0 fully saturated rings. The number of nitrogens with zero attached hydrogens (tertiary/aromatic N) is 3. The van der Waals surface area contributed by atoms with Gasteiger partial charge in [-0.2, -0.15) is 4.98 Å². The second-order valence-corrected chi connectivity index (χ2v) is 11.1. The fourth-order valence-corrected chi connectivity index (χ4v) is 5.73. The SMILES string of the molecule is CCCCCOc1ccc(C2C(C(=O)OCc3ccccc3)=C(C)Nc3nc(SCc4ccccc4Cl)nn32)cc1. The van der Waals surface area contributed by atoms with E-state index in [9.17, 15) is 4.79 Å². The standard InChI is InChI=1S/C32H33ClN4O3S/c1-3-4-10-19-39-26-17-15-24(16-18-26)29-28(30(38)40-20-23-11-6-5-7-12-23)22(2)34-31-35-32(36-37(29)31)41-21-25-13-8-9-14-27(25)33/h5-9,11-18,29H,3-4,10,19-21H2,1-2H3,(H,34,35,36). The molecule has 1 aliphatic rings. The van der Waals surface area contributed by atoms with E-state index in [0.717, 1.165) is 41.7 Å². The molecule has 0 saturated heterocycles. The van der Waals surface area contributed by atoms with Crippen LogP contribution >= 0.6 is 23.4 Å². The van der Waals surface area contributed by atoms with Crippen LogP contribution in [0.1, 0.15) is 55.8 Å². The Morgan fingerprint density at radius 1 is 1.02 bits per heavy atom. The van der Waals surface area contributed by atoms with Gasteiger partial charge < -0.3 is 14.8 Å². The number of unbranched alkanes of at least 4 members (excludes halogenated alkanes) is 2. The highest BCUT2D eigenvalue weighted by Crippen LogP contribution is 2.38. The largest absolute Gasteiger partial charge is 0.494 e. The second kappa shape index (κ2) is 13.7. The first-order valence-corrected chi connectivity index (χ1v) is 15.1. The van der Waals surface area contributed by atoms with Crippen LogP contribution < -0.4 is 10.1 Å². The van der Waals surface area contributed by atoms with E-state index < -0.39 is 12.0 Å². The molecule has 1 aliphatic heterocycles. The molecule has 1 N–H and O–H groups in total. The van der Waals surface area contributed by atoms with Gasteiger partial charge in [0.25, 0.3) is 0 Å².